The number of hydrogen-bond acceptors (Lipinski definition) is 4. The molecule has 0 radical (unpaired) electrons. The predicted octanol–water partition coefficient (Wildman–Crippen LogP) is 2.70. The maximum absolute atomic E-state index is 5.60. The van der Waals surface area contributed by atoms with Crippen LogP contribution in [0, 0.1) is 12.8 Å². The standard InChI is InChI=1S/C13H25N3S/c1-3-12(6-7-14)5-4-8-15-9-13-11(2)16-10-17-13/h10,12,15H,3-9,14H2,1-2H3. The summed E-state index contributed by atoms with van der Waals surface area (Å²) in [6.45, 7) is 7.21. The molecule has 0 aliphatic heterocycles. The van der Waals surface area contributed by atoms with Crippen molar-refractivity contribution in [3.63, 3.8) is 0 Å². The fourth-order valence-corrected chi connectivity index (χ4v) is 2.75. The van der Waals surface area contributed by atoms with Crippen LogP contribution in [-0.2, 0) is 6.54 Å². The van der Waals surface area contributed by atoms with Crippen LogP contribution in [0.4, 0.5) is 0 Å². The lowest BCUT2D eigenvalue weighted by atomic mass is 9.97. The third-order valence-electron chi connectivity index (χ3n) is 3.25. The van der Waals surface area contributed by atoms with E-state index in [9.17, 15) is 0 Å². The zero-order valence-electron chi connectivity index (χ0n) is 11.0. The molecule has 1 unspecified atom stereocenters. The SMILES string of the molecule is CCC(CCN)CCCNCc1scnc1C. The van der Waals surface area contributed by atoms with Crippen molar-refractivity contribution in [3.05, 3.63) is 16.1 Å². The van der Waals surface area contributed by atoms with Gasteiger partial charge in [0.2, 0.25) is 0 Å². The van der Waals surface area contributed by atoms with Gasteiger partial charge in [0.25, 0.3) is 0 Å². The third kappa shape index (κ3) is 5.61. The number of nitrogens with one attached hydrogen (secondary N) is 1. The lowest BCUT2D eigenvalue weighted by molar-refractivity contribution is 0.422. The number of thiazole rings is 1. The van der Waals surface area contributed by atoms with E-state index >= 15 is 0 Å². The predicted molar refractivity (Wildman–Crippen MR) is 75.2 cm³/mol. The molecule has 1 atom stereocenters. The maximum atomic E-state index is 5.60. The van der Waals surface area contributed by atoms with Crippen LogP contribution >= 0.6 is 11.3 Å². The van der Waals surface area contributed by atoms with Crippen LogP contribution in [0.25, 0.3) is 0 Å². The molecular weight excluding hydrogens is 230 g/mol. The molecule has 17 heavy (non-hydrogen) atoms. The van der Waals surface area contributed by atoms with E-state index in [-0.39, 0.29) is 0 Å². The number of rotatable bonds is 9. The van der Waals surface area contributed by atoms with E-state index in [2.05, 4.69) is 24.1 Å². The van der Waals surface area contributed by atoms with E-state index < -0.39 is 0 Å². The Hall–Kier alpha value is -0.450. The van der Waals surface area contributed by atoms with Crippen LogP contribution in [-0.4, -0.2) is 18.1 Å². The molecule has 3 N–H and O–H groups in total. The minimum absolute atomic E-state index is 0.812. The zero-order chi connectivity index (χ0) is 12.5. The molecule has 0 bridgehead atoms. The first kappa shape index (κ1) is 14.6. The molecule has 0 fully saturated rings. The van der Waals surface area contributed by atoms with Gasteiger partial charge in [-0.15, -0.1) is 11.3 Å². The Morgan fingerprint density at radius 2 is 2.29 bits per heavy atom. The summed E-state index contributed by atoms with van der Waals surface area (Å²) in [6.07, 6.45) is 4.97. The van der Waals surface area contributed by atoms with Gasteiger partial charge in [0.05, 0.1) is 11.2 Å². The number of nitrogens with zero attached hydrogens (tertiary/aromatic N) is 1. The highest BCUT2D eigenvalue weighted by Crippen LogP contribution is 2.14. The Morgan fingerprint density at radius 3 is 2.88 bits per heavy atom. The minimum Gasteiger partial charge on any atom is -0.330 e. The second-order valence-corrected chi connectivity index (χ2v) is 5.47. The summed E-state index contributed by atoms with van der Waals surface area (Å²) in [7, 11) is 0. The summed E-state index contributed by atoms with van der Waals surface area (Å²) in [4.78, 5) is 5.61. The van der Waals surface area contributed by atoms with E-state index in [1.54, 1.807) is 11.3 Å². The molecule has 0 aliphatic rings. The molecule has 3 nitrogen and oxygen atoms in total. The van der Waals surface area contributed by atoms with Gasteiger partial charge in [0.1, 0.15) is 0 Å². The smallest absolute Gasteiger partial charge is 0.0798 e. The van der Waals surface area contributed by atoms with E-state index in [4.69, 9.17) is 5.73 Å². The Morgan fingerprint density at radius 1 is 1.47 bits per heavy atom. The van der Waals surface area contributed by atoms with E-state index in [0.29, 0.717) is 0 Å². The van der Waals surface area contributed by atoms with E-state index in [0.717, 1.165) is 31.2 Å². The largest absolute Gasteiger partial charge is 0.330 e. The first-order valence-electron chi connectivity index (χ1n) is 6.57. The molecule has 0 amide bonds. The highest BCUT2D eigenvalue weighted by Gasteiger charge is 2.05. The molecule has 0 aromatic carbocycles. The number of hydrogen-bond donors (Lipinski definition) is 2. The average molecular weight is 255 g/mol. The molecular formula is C13H25N3S. The summed E-state index contributed by atoms with van der Waals surface area (Å²) in [5.41, 5.74) is 8.68. The zero-order valence-corrected chi connectivity index (χ0v) is 11.9. The lowest BCUT2D eigenvalue weighted by Gasteiger charge is -2.13. The molecule has 98 valence electrons. The first-order chi connectivity index (χ1) is 8.27. The quantitative estimate of drug-likeness (QED) is 0.667. The molecule has 0 saturated carbocycles. The van der Waals surface area contributed by atoms with Gasteiger partial charge in [-0.05, 0) is 45.2 Å². The molecule has 0 saturated heterocycles. The van der Waals surface area contributed by atoms with Gasteiger partial charge in [-0.2, -0.15) is 0 Å². The van der Waals surface area contributed by atoms with Gasteiger partial charge in [-0.3, -0.25) is 0 Å². The first-order valence-corrected chi connectivity index (χ1v) is 7.45. The Bertz CT molecular complexity index is 299. The third-order valence-corrected chi connectivity index (χ3v) is 4.18. The van der Waals surface area contributed by atoms with Gasteiger partial charge in [0, 0.05) is 11.4 Å². The number of aryl methyl sites for hydroxylation is 1. The van der Waals surface area contributed by atoms with E-state index in [1.165, 1.54) is 30.6 Å². The van der Waals surface area contributed by atoms with Crippen molar-refractivity contribution in [2.24, 2.45) is 11.7 Å². The number of nitrogens with two attached hydrogens (primary N) is 1. The van der Waals surface area contributed by atoms with E-state index in [1.807, 2.05) is 5.51 Å². The molecule has 0 aliphatic carbocycles. The Labute approximate surface area is 109 Å². The number of aromatic nitrogens is 1. The highest BCUT2D eigenvalue weighted by molar-refractivity contribution is 7.09. The van der Waals surface area contributed by atoms with Gasteiger partial charge < -0.3 is 11.1 Å². The second kappa shape index (κ2) is 8.61. The van der Waals surface area contributed by atoms with Crippen molar-refractivity contribution >= 4 is 11.3 Å². The monoisotopic (exact) mass is 255 g/mol. The van der Waals surface area contributed by atoms with Crippen molar-refractivity contribution in [3.8, 4) is 0 Å². The normalized spacial score (nSPS) is 12.9. The van der Waals surface area contributed by atoms with Crippen LogP contribution in [0.3, 0.4) is 0 Å². The van der Waals surface area contributed by atoms with Gasteiger partial charge in [-0.1, -0.05) is 13.3 Å². The average Bonchev–Trinajstić information content (AvgIpc) is 2.73. The fourth-order valence-electron chi connectivity index (χ4n) is 2.00. The summed E-state index contributed by atoms with van der Waals surface area (Å²) >= 11 is 1.74. The van der Waals surface area contributed by atoms with Crippen molar-refractivity contribution < 1.29 is 0 Å². The fraction of sp³-hybridized carbons (Fsp3) is 0.769. The summed E-state index contributed by atoms with van der Waals surface area (Å²) in [5.74, 6) is 0.812. The van der Waals surface area contributed by atoms with Gasteiger partial charge >= 0.3 is 0 Å². The van der Waals surface area contributed by atoms with Crippen molar-refractivity contribution in [1.82, 2.24) is 10.3 Å². The molecule has 1 rings (SSSR count). The van der Waals surface area contributed by atoms with Gasteiger partial charge in [-0.25, -0.2) is 4.98 Å². The van der Waals surface area contributed by atoms with Crippen molar-refractivity contribution in [2.45, 2.75) is 46.1 Å². The highest BCUT2D eigenvalue weighted by atomic mass is 32.1. The minimum atomic E-state index is 0.812. The van der Waals surface area contributed by atoms with Crippen LogP contribution in [0.5, 0.6) is 0 Å². The molecule has 1 heterocycles. The van der Waals surface area contributed by atoms with Crippen molar-refractivity contribution in [2.75, 3.05) is 13.1 Å². The Balaban J connectivity index is 2.06. The summed E-state index contributed by atoms with van der Waals surface area (Å²) in [6, 6.07) is 0. The van der Waals surface area contributed by atoms with Crippen LogP contribution in [0.15, 0.2) is 5.51 Å². The molecule has 4 heteroatoms. The Kier molecular flexibility index (Phi) is 7.40. The summed E-state index contributed by atoms with van der Waals surface area (Å²) in [5, 5.41) is 3.49. The summed E-state index contributed by atoms with van der Waals surface area (Å²) < 4.78 is 0. The molecule has 1 aromatic heterocycles. The van der Waals surface area contributed by atoms with Gasteiger partial charge in [0.15, 0.2) is 0 Å². The van der Waals surface area contributed by atoms with Crippen molar-refractivity contribution in [1.29, 1.82) is 0 Å². The molecule has 1 aromatic rings. The lowest BCUT2D eigenvalue weighted by Crippen LogP contribution is -2.16. The second-order valence-electron chi connectivity index (χ2n) is 4.53. The topological polar surface area (TPSA) is 50.9 Å². The maximum Gasteiger partial charge on any atom is 0.0798 e. The van der Waals surface area contributed by atoms with Crippen LogP contribution < -0.4 is 11.1 Å². The molecule has 0 spiro atoms. The van der Waals surface area contributed by atoms with Crippen LogP contribution in [0.2, 0.25) is 0 Å². The van der Waals surface area contributed by atoms with Crippen LogP contribution in [0.1, 0.15) is 43.2 Å².